The van der Waals surface area contributed by atoms with E-state index in [-0.39, 0.29) is 11.4 Å². The number of hydrogen-bond donors (Lipinski definition) is 0. The van der Waals surface area contributed by atoms with Crippen LogP contribution in [0.5, 0.6) is 0 Å². The van der Waals surface area contributed by atoms with Gasteiger partial charge >= 0.3 is 0 Å². The Bertz CT molecular complexity index is 800. The first-order valence-corrected chi connectivity index (χ1v) is 7.43. The van der Waals surface area contributed by atoms with Crippen molar-refractivity contribution in [3.05, 3.63) is 59.7 Å². The third-order valence-electron chi connectivity index (χ3n) is 2.85. The summed E-state index contributed by atoms with van der Waals surface area (Å²) in [6, 6.07) is 9.55. The fourth-order valence-corrected chi connectivity index (χ4v) is 2.93. The monoisotopic (exact) mass is 305 g/mol. The van der Waals surface area contributed by atoms with Gasteiger partial charge in [0.2, 0.25) is 10.0 Å². The van der Waals surface area contributed by atoms with E-state index in [1.54, 1.807) is 24.3 Å². The highest BCUT2D eigenvalue weighted by Gasteiger charge is 2.21. The number of benzene rings is 1. The lowest BCUT2D eigenvalue weighted by Crippen LogP contribution is -2.26. The van der Waals surface area contributed by atoms with Crippen molar-refractivity contribution in [1.29, 1.82) is 5.26 Å². The van der Waals surface area contributed by atoms with Crippen LogP contribution in [-0.2, 0) is 16.6 Å². The fourth-order valence-electron chi connectivity index (χ4n) is 1.79. The Morgan fingerprint density at radius 2 is 2.10 bits per heavy atom. The van der Waals surface area contributed by atoms with Crippen LogP contribution >= 0.6 is 0 Å². The number of aromatic nitrogens is 1. The Morgan fingerprint density at radius 1 is 1.33 bits per heavy atom. The lowest BCUT2D eigenvalue weighted by atomic mass is 10.1. The minimum Gasteiger partial charge on any atom is -0.260 e. The van der Waals surface area contributed by atoms with E-state index < -0.39 is 15.8 Å². The van der Waals surface area contributed by atoms with Gasteiger partial charge in [0.15, 0.2) is 0 Å². The Balaban J connectivity index is 2.27. The van der Waals surface area contributed by atoms with Gasteiger partial charge in [0.25, 0.3) is 0 Å². The van der Waals surface area contributed by atoms with Gasteiger partial charge in [0.1, 0.15) is 10.7 Å². The molecular formula is C14H12FN3O2S. The van der Waals surface area contributed by atoms with Crippen molar-refractivity contribution in [3.8, 4) is 6.07 Å². The SMILES string of the molecule is CN(Cc1cccc(C#N)c1)S(=O)(=O)c1cncc(F)c1. The fraction of sp³-hybridized carbons (Fsp3) is 0.143. The number of rotatable bonds is 4. The van der Waals surface area contributed by atoms with Crippen LogP contribution in [0.1, 0.15) is 11.1 Å². The summed E-state index contributed by atoms with van der Waals surface area (Å²) in [7, 11) is -2.44. The second kappa shape index (κ2) is 5.99. The molecule has 0 aliphatic rings. The third kappa shape index (κ3) is 3.42. The first-order chi connectivity index (χ1) is 9.93. The number of pyridine rings is 1. The molecule has 0 radical (unpaired) electrons. The Morgan fingerprint density at radius 3 is 2.76 bits per heavy atom. The summed E-state index contributed by atoms with van der Waals surface area (Å²) in [5, 5.41) is 8.83. The molecule has 0 spiro atoms. The minimum atomic E-state index is -3.83. The molecule has 0 saturated heterocycles. The van der Waals surface area contributed by atoms with E-state index in [1.165, 1.54) is 7.05 Å². The average Bonchev–Trinajstić information content (AvgIpc) is 2.47. The molecule has 0 unspecified atom stereocenters. The predicted molar refractivity (Wildman–Crippen MR) is 74.0 cm³/mol. The first kappa shape index (κ1) is 15.1. The molecule has 5 nitrogen and oxygen atoms in total. The highest BCUT2D eigenvalue weighted by atomic mass is 32.2. The molecule has 0 fully saturated rings. The maximum absolute atomic E-state index is 13.1. The van der Waals surface area contributed by atoms with Crippen molar-refractivity contribution in [2.45, 2.75) is 11.4 Å². The molecule has 108 valence electrons. The molecule has 1 aromatic heterocycles. The largest absolute Gasteiger partial charge is 0.260 e. The van der Waals surface area contributed by atoms with Gasteiger partial charge in [-0.3, -0.25) is 4.98 Å². The average molecular weight is 305 g/mol. The van der Waals surface area contributed by atoms with Crippen molar-refractivity contribution in [2.24, 2.45) is 0 Å². The Kier molecular flexibility index (Phi) is 4.31. The van der Waals surface area contributed by atoms with Gasteiger partial charge in [-0.05, 0) is 23.8 Å². The van der Waals surface area contributed by atoms with Gasteiger partial charge in [-0.25, -0.2) is 12.8 Å². The van der Waals surface area contributed by atoms with Crippen molar-refractivity contribution in [2.75, 3.05) is 7.05 Å². The van der Waals surface area contributed by atoms with Crippen LogP contribution in [0.15, 0.2) is 47.6 Å². The number of nitriles is 1. The van der Waals surface area contributed by atoms with Crippen LogP contribution < -0.4 is 0 Å². The summed E-state index contributed by atoms with van der Waals surface area (Å²) in [6.07, 6.45) is 2.04. The smallest absolute Gasteiger partial charge is 0.244 e. The molecule has 0 bridgehead atoms. The van der Waals surface area contributed by atoms with Gasteiger partial charge < -0.3 is 0 Å². The second-order valence-electron chi connectivity index (χ2n) is 4.41. The maximum Gasteiger partial charge on any atom is 0.244 e. The number of halogens is 1. The zero-order valence-corrected chi connectivity index (χ0v) is 12.0. The van der Waals surface area contributed by atoms with Crippen LogP contribution in [-0.4, -0.2) is 24.8 Å². The van der Waals surface area contributed by atoms with E-state index in [2.05, 4.69) is 4.98 Å². The molecule has 2 rings (SSSR count). The molecule has 1 heterocycles. The second-order valence-corrected chi connectivity index (χ2v) is 6.46. The van der Waals surface area contributed by atoms with Crippen molar-refractivity contribution in [3.63, 3.8) is 0 Å². The summed E-state index contributed by atoms with van der Waals surface area (Å²) >= 11 is 0. The third-order valence-corrected chi connectivity index (χ3v) is 4.62. The Hall–Kier alpha value is -2.30. The van der Waals surface area contributed by atoms with Gasteiger partial charge in [-0.15, -0.1) is 0 Å². The normalized spacial score (nSPS) is 11.3. The van der Waals surface area contributed by atoms with Crippen molar-refractivity contribution >= 4 is 10.0 Å². The molecule has 0 saturated carbocycles. The standard InChI is InChI=1S/C14H12FN3O2S/c1-18(10-12-4-2-3-11(5-12)7-16)21(19,20)14-6-13(15)8-17-9-14/h2-6,8-9H,10H2,1H3. The molecular weight excluding hydrogens is 293 g/mol. The van der Waals surface area contributed by atoms with Gasteiger partial charge in [0.05, 0.1) is 17.8 Å². The maximum atomic E-state index is 13.1. The van der Waals surface area contributed by atoms with E-state index >= 15 is 0 Å². The van der Waals surface area contributed by atoms with Crippen LogP contribution in [0, 0.1) is 17.1 Å². The molecule has 0 aliphatic heterocycles. The summed E-state index contributed by atoms with van der Waals surface area (Å²) in [5.41, 5.74) is 1.12. The summed E-state index contributed by atoms with van der Waals surface area (Å²) < 4.78 is 38.8. The van der Waals surface area contributed by atoms with E-state index in [1.807, 2.05) is 6.07 Å². The van der Waals surface area contributed by atoms with Crippen molar-refractivity contribution < 1.29 is 12.8 Å². The van der Waals surface area contributed by atoms with E-state index in [9.17, 15) is 12.8 Å². The van der Waals surface area contributed by atoms with Crippen LogP contribution in [0.3, 0.4) is 0 Å². The molecule has 0 atom stereocenters. The quantitative estimate of drug-likeness (QED) is 0.865. The van der Waals surface area contributed by atoms with Crippen LogP contribution in [0.25, 0.3) is 0 Å². The van der Waals surface area contributed by atoms with Gasteiger partial charge in [0, 0.05) is 19.8 Å². The van der Waals surface area contributed by atoms with Gasteiger partial charge in [-0.1, -0.05) is 12.1 Å². The summed E-state index contributed by atoms with van der Waals surface area (Å²) in [5.74, 6) is -0.712. The molecule has 1 aromatic carbocycles. The number of sulfonamides is 1. The number of nitrogens with zero attached hydrogens (tertiary/aromatic N) is 3. The molecule has 0 N–H and O–H groups in total. The van der Waals surface area contributed by atoms with E-state index in [4.69, 9.17) is 5.26 Å². The van der Waals surface area contributed by atoms with Crippen LogP contribution in [0.2, 0.25) is 0 Å². The van der Waals surface area contributed by atoms with Crippen molar-refractivity contribution in [1.82, 2.24) is 9.29 Å². The lowest BCUT2D eigenvalue weighted by Gasteiger charge is -2.17. The van der Waals surface area contributed by atoms with E-state index in [0.717, 1.165) is 22.8 Å². The zero-order valence-electron chi connectivity index (χ0n) is 11.2. The Labute approximate surface area is 122 Å². The molecule has 0 aliphatic carbocycles. The van der Waals surface area contributed by atoms with E-state index in [0.29, 0.717) is 11.1 Å². The molecule has 7 heteroatoms. The first-order valence-electron chi connectivity index (χ1n) is 5.99. The minimum absolute atomic E-state index is 0.0777. The lowest BCUT2D eigenvalue weighted by molar-refractivity contribution is 0.465. The van der Waals surface area contributed by atoms with Crippen LogP contribution in [0.4, 0.5) is 4.39 Å². The number of hydrogen-bond acceptors (Lipinski definition) is 4. The highest BCUT2D eigenvalue weighted by molar-refractivity contribution is 7.89. The zero-order chi connectivity index (χ0) is 15.5. The topological polar surface area (TPSA) is 74.1 Å². The molecule has 2 aromatic rings. The molecule has 21 heavy (non-hydrogen) atoms. The predicted octanol–water partition coefficient (Wildman–Crippen LogP) is 1.91. The summed E-state index contributed by atoms with van der Waals surface area (Å²) in [4.78, 5) is 3.34. The van der Waals surface area contributed by atoms with Gasteiger partial charge in [-0.2, -0.15) is 9.57 Å². The summed E-state index contributed by atoms with van der Waals surface area (Å²) in [6.45, 7) is 0.0777. The molecule has 0 amide bonds. The highest BCUT2D eigenvalue weighted by Crippen LogP contribution is 2.17.